The molecular weight excluding hydrogens is 487 g/mol. The third kappa shape index (κ3) is 4.04. The van der Waals surface area contributed by atoms with Gasteiger partial charge in [0.2, 0.25) is 0 Å². The Balaban J connectivity index is 1.70. The van der Waals surface area contributed by atoms with Crippen LogP contribution in [-0.2, 0) is 4.57 Å². The van der Waals surface area contributed by atoms with Crippen molar-refractivity contribution in [2.24, 2.45) is 0 Å². The molecule has 0 aliphatic heterocycles. The van der Waals surface area contributed by atoms with Crippen molar-refractivity contribution in [1.29, 1.82) is 0 Å². The van der Waals surface area contributed by atoms with Crippen LogP contribution < -0.4 is 16.2 Å². The summed E-state index contributed by atoms with van der Waals surface area (Å²) in [5, 5.41) is 6.85. The molecule has 1 heterocycles. The third-order valence-electron chi connectivity index (χ3n) is 7.14. The van der Waals surface area contributed by atoms with Crippen LogP contribution in [-0.4, -0.2) is 9.78 Å². The maximum atomic E-state index is 15.7. The normalized spacial score (nSPS) is 12.4. The molecular formula is C33H27N2O2P. The molecule has 1 aromatic heterocycles. The molecule has 38 heavy (non-hydrogen) atoms. The van der Waals surface area contributed by atoms with Crippen LogP contribution in [0, 0.1) is 6.92 Å². The topological polar surface area (TPSA) is 54.9 Å². The van der Waals surface area contributed by atoms with Gasteiger partial charge in [-0.3, -0.25) is 9.89 Å². The first-order valence-electron chi connectivity index (χ1n) is 12.6. The zero-order valence-electron chi connectivity index (χ0n) is 21.0. The van der Waals surface area contributed by atoms with Crippen LogP contribution in [0.25, 0.3) is 16.5 Å². The Labute approximate surface area is 221 Å². The number of hydrogen-bond acceptors (Lipinski definition) is 2. The Bertz CT molecular complexity index is 1780. The first-order valence-corrected chi connectivity index (χ1v) is 14.4. The molecule has 5 heteroatoms. The molecule has 0 saturated heterocycles. The van der Waals surface area contributed by atoms with Crippen LogP contribution >= 0.6 is 7.14 Å². The first-order chi connectivity index (χ1) is 18.6. The molecule has 1 atom stereocenters. The van der Waals surface area contributed by atoms with Crippen LogP contribution in [0.15, 0.2) is 138 Å². The summed E-state index contributed by atoms with van der Waals surface area (Å²) in [4.78, 5) is 14.2. The molecule has 6 rings (SSSR count). The average Bonchev–Trinajstić information content (AvgIpc) is 3.27. The van der Waals surface area contributed by atoms with Crippen molar-refractivity contribution in [2.45, 2.75) is 12.6 Å². The van der Waals surface area contributed by atoms with Crippen molar-refractivity contribution in [2.75, 3.05) is 0 Å². The van der Waals surface area contributed by atoms with Gasteiger partial charge in [0.25, 0.3) is 5.56 Å². The molecule has 5 aromatic carbocycles. The highest BCUT2D eigenvalue weighted by Gasteiger charge is 2.42. The van der Waals surface area contributed by atoms with Crippen molar-refractivity contribution in [3.63, 3.8) is 0 Å². The Morgan fingerprint density at radius 2 is 1.18 bits per heavy atom. The second-order valence-electron chi connectivity index (χ2n) is 9.46. The summed E-state index contributed by atoms with van der Waals surface area (Å²) in [6.07, 6.45) is 0. The highest BCUT2D eigenvalue weighted by Crippen LogP contribution is 2.60. The number of hydrogen-bond donors (Lipinski definition) is 1. The van der Waals surface area contributed by atoms with E-state index in [1.807, 2.05) is 116 Å². The van der Waals surface area contributed by atoms with Gasteiger partial charge < -0.3 is 4.57 Å². The average molecular weight is 515 g/mol. The van der Waals surface area contributed by atoms with Gasteiger partial charge in [0.15, 0.2) is 7.14 Å². The highest BCUT2D eigenvalue weighted by atomic mass is 31.2. The van der Waals surface area contributed by atoms with Crippen LogP contribution in [0.4, 0.5) is 0 Å². The molecule has 186 valence electrons. The van der Waals surface area contributed by atoms with E-state index in [2.05, 4.69) is 29.4 Å². The fraction of sp³-hybridized carbons (Fsp3) is 0.0606. The number of nitrogens with one attached hydrogen (secondary N) is 1. The Hall–Kier alpha value is -4.40. The fourth-order valence-electron chi connectivity index (χ4n) is 5.32. The summed E-state index contributed by atoms with van der Waals surface area (Å²) in [5.41, 5.74) is 1.91. The number of benzene rings is 5. The lowest BCUT2D eigenvalue weighted by molar-refractivity contribution is 0.582. The van der Waals surface area contributed by atoms with E-state index < -0.39 is 12.8 Å². The second-order valence-corrected chi connectivity index (χ2v) is 12.3. The number of rotatable bonds is 6. The number of aromatic amines is 1. The number of aryl methyl sites for hydroxylation is 1. The Morgan fingerprint density at radius 3 is 1.79 bits per heavy atom. The van der Waals surface area contributed by atoms with Gasteiger partial charge in [-0.1, -0.05) is 121 Å². The zero-order chi connectivity index (χ0) is 26.1. The van der Waals surface area contributed by atoms with Crippen molar-refractivity contribution in [3.05, 3.63) is 161 Å². The van der Waals surface area contributed by atoms with E-state index in [0.717, 1.165) is 32.6 Å². The Kier molecular flexibility index (Phi) is 6.19. The molecule has 0 fully saturated rings. The largest absolute Gasteiger partial charge is 0.313 e. The van der Waals surface area contributed by atoms with E-state index >= 15 is 4.57 Å². The molecule has 1 unspecified atom stereocenters. The van der Waals surface area contributed by atoms with Gasteiger partial charge in [0, 0.05) is 16.3 Å². The summed E-state index contributed by atoms with van der Waals surface area (Å²) >= 11 is 0. The standard InChI is InChI=1S/C33H27N2O2P/c1-24-31(33(36)35(34-24)28-15-5-2-6-16-28)32(27-22-21-25-13-11-12-14-26(25)23-27)38(37,29-17-7-3-8-18-29)30-19-9-4-10-20-30/h2-23,32,34H,1H3. The minimum absolute atomic E-state index is 0.195. The van der Waals surface area contributed by atoms with E-state index in [1.54, 1.807) is 4.68 Å². The highest BCUT2D eigenvalue weighted by molar-refractivity contribution is 7.79. The van der Waals surface area contributed by atoms with Gasteiger partial charge in [0.05, 0.1) is 16.9 Å². The van der Waals surface area contributed by atoms with Gasteiger partial charge in [0.1, 0.15) is 0 Å². The maximum Gasteiger partial charge on any atom is 0.275 e. The summed E-state index contributed by atoms with van der Waals surface area (Å²) < 4.78 is 17.3. The van der Waals surface area contributed by atoms with Gasteiger partial charge in [-0.25, -0.2) is 4.68 Å². The van der Waals surface area contributed by atoms with Crippen LogP contribution in [0.2, 0.25) is 0 Å². The summed E-state index contributed by atoms with van der Waals surface area (Å²) in [6, 6.07) is 42.9. The lowest BCUT2D eigenvalue weighted by Crippen LogP contribution is -2.27. The van der Waals surface area contributed by atoms with Gasteiger partial charge in [-0.2, -0.15) is 0 Å². The van der Waals surface area contributed by atoms with Crippen LogP contribution in [0.1, 0.15) is 22.5 Å². The molecule has 6 aromatic rings. The lowest BCUT2D eigenvalue weighted by atomic mass is 10.0. The molecule has 0 spiro atoms. The number of H-pyrrole nitrogens is 1. The fourth-order valence-corrected chi connectivity index (χ4v) is 8.70. The molecule has 0 radical (unpaired) electrons. The lowest BCUT2D eigenvalue weighted by Gasteiger charge is -2.29. The molecule has 4 nitrogen and oxygen atoms in total. The number of fused-ring (bicyclic) bond motifs is 1. The summed E-state index contributed by atoms with van der Waals surface area (Å²) in [7, 11) is -3.42. The number of aromatic nitrogens is 2. The van der Waals surface area contributed by atoms with Gasteiger partial charge >= 0.3 is 0 Å². The van der Waals surface area contributed by atoms with E-state index in [4.69, 9.17) is 0 Å². The minimum atomic E-state index is -3.42. The second kappa shape index (κ2) is 9.81. The maximum absolute atomic E-state index is 15.7. The van der Waals surface area contributed by atoms with Gasteiger partial charge in [-0.05, 0) is 35.4 Å². The first kappa shape index (κ1) is 24.0. The van der Waals surface area contributed by atoms with Crippen molar-refractivity contribution in [1.82, 2.24) is 9.78 Å². The van der Waals surface area contributed by atoms with Gasteiger partial charge in [-0.15, -0.1) is 0 Å². The third-order valence-corrected chi connectivity index (χ3v) is 10.6. The molecule has 1 N–H and O–H groups in total. The van der Waals surface area contributed by atoms with E-state index in [-0.39, 0.29) is 5.56 Å². The monoisotopic (exact) mass is 514 g/mol. The van der Waals surface area contributed by atoms with Crippen molar-refractivity contribution < 1.29 is 4.57 Å². The van der Waals surface area contributed by atoms with Crippen molar-refractivity contribution in [3.8, 4) is 5.69 Å². The van der Waals surface area contributed by atoms with E-state index in [0.29, 0.717) is 11.3 Å². The molecule has 0 aliphatic rings. The predicted octanol–water partition coefficient (Wildman–Crippen LogP) is 6.73. The van der Waals surface area contributed by atoms with Crippen molar-refractivity contribution >= 4 is 28.5 Å². The van der Waals surface area contributed by atoms with E-state index in [9.17, 15) is 4.79 Å². The molecule has 0 bridgehead atoms. The molecule has 0 aliphatic carbocycles. The van der Waals surface area contributed by atoms with E-state index in [1.165, 1.54) is 0 Å². The van der Waals surface area contributed by atoms with Crippen LogP contribution in [0.5, 0.6) is 0 Å². The zero-order valence-corrected chi connectivity index (χ0v) is 21.9. The molecule has 0 saturated carbocycles. The quantitative estimate of drug-likeness (QED) is 0.251. The summed E-state index contributed by atoms with van der Waals surface area (Å²) in [6.45, 7) is 1.89. The Morgan fingerprint density at radius 1 is 0.658 bits per heavy atom. The number of nitrogens with zero attached hydrogens (tertiary/aromatic N) is 1. The smallest absolute Gasteiger partial charge is 0.275 e. The van der Waals surface area contributed by atoms with Crippen LogP contribution in [0.3, 0.4) is 0 Å². The molecule has 0 amide bonds. The minimum Gasteiger partial charge on any atom is -0.313 e. The predicted molar refractivity (Wildman–Crippen MR) is 157 cm³/mol. The SMILES string of the molecule is Cc1[nH]n(-c2ccccc2)c(=O)c1C(c1ccc2ccccc2c1)P(=O)(c1ccccc1)c1ccccc1. The summed E-state index contributed by atoms with van der Waals surface area (Å²) in [5.74, 6) is 0. The number of para-hydroxylation sites is 1.